The number of nitrogens with zero attached hydrogens (tertiary/aromatic N) is 5. The summed E-state index contributed by atoms with van der Waals surface area (Å²) in [5.74, 6) is 6.82. The van der Waals surface area contributed by atoms with Crippen LogP contribution in [0.25, 0.3) is 38.9 Å². The van der Waals surface area contributed by atoms with E-state index in [1.165, 1.54) is 39.0 Å². The minimum atomic E-state index is -0.132. The molecule has 2 aromatic heterocycles. The van der Waals surface area contributed by atoms with E-state index in [0.717, 1.165) is 56.1 Å². The fourth-order valence-corrected chi connectivity index (χ4v) is 10.5. The molecule has 6 nitrogen and oxygen atoms in total. The van der Waals surface area contributed by atoms with Crippen LogP contribution in [0.2, 0.25) is 0 Å². The first-order chi connectivity index (χ1) is 34.7. The van der Waals surface area contributed by atoms with Gasteiger partial charge in [-0.15, -0.1) is 48.1 Å². The van der Waals surface area contributed by atoms with Crippen molar-refractivity contribution in [1.82, 2.24) is 14.4 Å². The van der Waals surface area contributed by atoms with Crippen LogP contribution in [0.1, 0.15) is 116 Å². The van der Waals surface area contributed by atoms with Crippen molar-refractivity contribution in [1.29, 1.82) is 0 Å². The largest absolute Gasteiger partial charge is 0.509 e. The van der Waals surface area contributed by atoms with Crippen molar-refractivity contribution in [2.24, 2.45) is 0 Å². The Balaban J connectivity index is 0.00000626. The minimum Gasteiger partial charge on any atom is -0.509 e. The molecule has 0 saturated carbocycles. The second-order valence-corrected chi connectivity index (χ2v) is 23.9. The van der Waals surface area contributed by atoms with E-state index in [1.807, 2.05) is 18.3 Å². The molecule has 8 aromatic rings. The zero-order valence-electron chi connectivity index (χ0n) is 44.8. The second kappa shape index (κ2) is 18.8. The van der Waals surface area contributed by atoms with Gasteiger partial charge in [0.15, 0.2) is 0 Å². The van der Waals surface area contributed by atoms with Crippen LogP contribution in [0.5, 0.6) is 11.5 Å². The van der Waals surface area contributed by atoms with Crippen LogP contribution in [-0.2, 0) is 42.7 Å². The van der Waals surface area contributed by atoms with Gasteiger partial charge < -0.3 is 23.9 Å². The molecule has 0 saturated heterocycles. The first kappa shape index (κ1) is 50.7. The summed E-state index contributed by atoms with van der Waals surface area (Å²) in [6.07, 6.45) is 8.50. The van der Waals surface area contributed by atoms with Gasteiger partial charge in [-0.2, -0.15) is 12.1 Å². The van der Waals surface area contributed by atoms with Gasteiger partial charge in [-0.1, -0.05) is 179 Å². The van der Waals surface area contributed by atoms with Crippen LogP contribution < -0.4 is 14.5 Å². The smallest absolute Gasteiger partial charge is 0.313 e. The number of pyridine rings is 1. The summed E-state index contributed by atoms with van der Waals surface area (Å²) < 4.78 is 8.98. The molecule has 0 aliphatic carbocycles. The van der Waals surface area contributed by atoms with Gasteiger partial charge in [-0.05, 0) is 103 Å². The summed E-state index contributed by atoms with van der Waals surface area (Å²) in [7, 11) is 0. The molecule has 74 heavy (non-hydrogen) atoms. The number of hydrogen-bond acceptors (Lipinski definition) is 5. The normalized spacial score (nSPS) is 14.9. The number of para-hydroxylation sites is 3. The van der Waals surface area contributed by atoms with Gasteiger partial charge in [0.1, 0.15) is 5.82 Å². The molecule has 3 aliphatic rings. The fourth-order valence-electron chi connectivity index (χ4n) is 10.5. The molecule has 0 unspecified atom stereocenters. The Morgan fingerprint density at radius 1 is 0.568 bits per heavy atom. The van der Waals surface area contributed by atoms with Gasteiger partial charge in [0.25, 0.3) is 0 Å². The number of aromatic nitrogens is 2. The number of hydrogen-bond donors (Lipinski definition) is 0. The van der Waals surface area contributed by atoms with Crippen molar-refractivity contribution in [3.05, 3.63) is 228 Å². The number of anilines is 3. The molecule has 6 aromatic carbocycles. The summed E-state index contributed by atoms with van der Waals surface area (Å²) in [6, 6.07) is 55.4. The van der Waals surface area contributed by atoms with E-state index >= 15 is 0 Å². The van der Waals surface area contributed by atoms with Gasteiger partial charge in [0.2, 0.25) is 0 Å². The van der Waals surface area contributed by atoms with Gasteiger partial charge in [0.05, 0.1) is 5.70 Å². The average molecular weight is 1150 g/mol. The molecule has 5 heterocycles. The Bertz CT molecular complexity index is 3570. The molecule has 0 N–H and O–H groups in total. The van der Waals surface area contributed by atoms with Crippen LogP contribution in [0.3, 0.4) is 0 Å². The van der Waals surface area contributed by atoms with Crippen molar-refractivity contribution in [3.8, 4) is 17.3 Å². The first-order valence-electron chi connectivity index (χ1n) is 25.7. The van der Waals surface area contributed by atoms with E-state index in [0.29, 0.717) is 11.5 Å². The van der Waals surface area contributed by atoms with Gasteiger partial charge in [0, 0.05) is 66.9 Å². The molecule has 0 bridgehead atoms. The third-order valence-electron chi connectivity index (χ3n) is 14.5. The Hall–Kier alpha value is -6.82. The maximum absolute atomic E-state index is 6.78. The number of benzene rings is 6. The second-order valence-electron chi connectivity index (χ2n) is 23.9. The molecule has 0 radical (unpaired) electrons. The van der Waals surface area contributed by atoms with E-state index < -0.39 is 0 Å². The average Bonchev–Trinajstić information content (AvgIpc) is 3.91. The topological polar surface area (TPSA) is 36.8 Å². The molecular weight excluding hydrogens is 1080 g/mol. The standard InChI is InChI=1S/C66H65BN5O.Pt/c1-63(2,3)45-32-34-68-60(39-45)72-56-27-16-14-24-51(56)52-31-30-50(41-59(52)72)73-49-23-21-22-48(40-49)69-43-70(58-29-18-17-28-57(58)69)61-54(44-36-46(64(4,5)6)38-47(37-44)65(7,8)9)42-67-33-19-20-35-71(67)62(61)53-25-13-15-26-55(53)66(10,11)12;/h13-39,42-43H,1-12H3;/q-3;. The number of ether oxygens (including phenoxy) is 1. The summed E-state index contributed by atoms with van der Waals surface area (Å²) >= 11 is 0. The van der Waals surface area contributed by atoms with Gasteiger partial charge in [-0.25, -0.2) is 4.98 Å². The molecule has 3 aliphatic heterocycles. The van der Waals surface area contributed by atoms with E-state index in [4.69, 9.17) is 9.72 Å². The third kappa shape index (κ3) is 9.27. The van der Waals surface area contributed by atoms with Crippen LogP contribution in [0.15, 0.2) is 176 Å². The van der Waals surface area contributed by atoms with Crippen LogP contribution >= 0.6 is 0 Å². The van der Waals surface area contributed by atoms with Crippen molar-refractivity contribution in [3.63, 3.8) is 0 Å². The molecule has 0 spiro atoms. The molecule has 8 heteroatoms. The monoisotopic (exact) mass is 1150 g/mol. The predicted molar refractivity (Wildman–Crippen MR) is 307 cm³/mol. The maximum Gasteiger partial charge on any atom is 0.313 e. The summed E-state index contributed by atoms with van der Waals surface area (Å²) in [5.41, 5.74) is 15.7. The van der Waals surface area contributed by atoms with Crippen molar-refractivity contribution in [2.75, 3.05) is 9.80 Å². The van der Waals surface area contributed by atoms with Crippen molar-refractivity contribution >= 4 is 57.0 Å². The fraction of sp³-hybridized carbons (Fsp3) is 0.242. The zero-order valence-corrected chi connectivity index (χ0v) is 47.1. The Labute approximate surface area is 454 Å². The Kier molecular flexibility index (Phi) is 12.9. The Morgan fingerprint density at radius 3 is 1.95 bits per heavy atom. The van der Waals surface area contributed by atoms with Gasteiger partial charge >= 0.3 is 6.85 Å². The third-order valence-corrected chi connectivity index (χ3v) is 14.5. The quantitative estimate of drug-likeness (QED) is 0.117. The number of rotatable bonds is 7. The van der Waals surface area contributed by atoms with Crippen LogP contribution in [0, 0.1) is 18.8 Å². The summed E-state index contributed by atoms with van der Waals surface area (Å²) in [4.78, 5) is 12.0. The van der Waals surface area contributed by atoms with E-state index in [1.54, 1.807) is 0 Å². The van der Waals surface area contributed by atoms with Crippen molar-refractivity contribution < 1.29 is 25.8 Å². The molecule has 376 valence electrons. The van der Waals surface area contributed by atoms with Crippen molar-refractivity contribution in [2.45, 2.75) is 105 Å². The first-order valence-corrected chi connectivity index (χ1v) is 25.7. The van der Waals surface area contributed by atoms with Crippen LogP contribution in [-0.4, -0.2) is 21.2 Å². The molecule has 0 amide bonds. The van der Waals surface area contributed by atoms with Crippen LogP contribution in [0.4, 0.5) is 17.1 Å². The predicted octanol–water partition coefficient (Wildman–Crippen LogP) is 16.8. The summed E-state index contributed by atoms with van der Waals surface area (Å²) in [6.45, 7) is 29.8. The Morgan fingerprint density at radius 2 is 1.23 bits per heavy atom. The minimum absolute atomic E-state index is 0. The van der Waals surface area contributed by atoms with Gasteiger partial charge in [-0.3, -0.25) is 0 Å². The summed E-state index contributed by atoms with van der Waals surface area (Å²) in [5, 5.41) is 2.23. The number of fused-ring (bicyclic) bond motifs is 5. The molecule has 0 atom stereocenters. The maximum atomic E-state index is 6.78. The molecule has 11 rings (SSSR count). The molecule has 0 fully saturated rings. The van der Waals surface area contributed by atoms with E-state index in [-0.39, 0.29) is 49.6 Å². The SMILES string of the molecule is CC(C)(C)c1cc(C2=CB3C=CC=CN3C(c3ccccc3C(C)(C)C)=C2N2[CH-]N(c3[c-]c(Oc4[c-]c5c(cc4)c4ccccc4n5-c4cc(C(C)(C)C)ccn4)ccc3)c3ccccc32)cc(C(C)(C)C)c1.[Pt]. The van der Waals surface area contributed by atoms with E-state index in [9.17, 15) is 0 Å². The zero-order chi connectivity index (χ0) is 51.2. The van der Waals surface area contributed by atoms with E-state index in [2.05, 4.69) is 273 Å². The molecular formula is C66H65BN5OPt-3. The number of allylic oxidation sites excluding steroid dienone is 3.